The second-order valence-electron chi connectivity index (χ2n) is 3.93. The van der Waals surface area contributed by atoms with Crippen LogP contribution in [0, 0.1) is 5.82 Å². The Morgan fingerprint density at radius 3 is 2.94 bits per heavy atom. The third-order valence-electron chi connectivity index (χ3n) is 2.76. The second kappa shape index (κ2) is 3.72. The highest BCUT2D eigenvalue weighted by Crippen LogP contribution is 2.25. The second-order valence-corrected chi connectivity index (χ2v) is 3.93. The number of oxazole rings is 1. The predicted molar refractivity (Wildman–Crippen MR) is 57.5 cm³/mol. The molecule has 0 atom stereocenters. The van der Waals surface area contributed by atoms with E-state index >= 15 is 0 Å². The highest BCUT2D eigenvalue weighted by molar-refractivity contribution is 5.56. The van der Waals surface area contributed by atoms with Gasteiger partial charge in [0.05, 0.1) is 12.1 Å². The van der Waals surface area contributed by atoms with Gasteiger partial charge in [-0.1, -0.05) is 12.1 Å². The summed E-state index contributed by atoms with van der Waals surface area (Å²) in [7, 11) is 0. The predicted octanol–water partition coefficient (Wildman–Crippen LogP) is 2.17. The maximum Gasteiger partial charge on any atom is 0.200 e. The Bertz CT molecular complexity index is 505. The maximum atomic E-state index is 13.0. The molecule has 0 aliphatic carbocycles. The van der Waals surface area contributed by atoms with Crippen molar-refractivity contribution in [1.82, 2.24) is 10.3 Å². The first-order chi connectivity index (χ1) is 7.83. The molecule has 0 saturated carbocycles. The van der Waals surface area contributed by atoms with E-state index in [9.17, 15) is 4.39 Å². The van der Waals surface area contributed by atoms with Crippen molar-refractivity contribution >= 4 is 0 Å². The first-order valence-electron chi connectivity index (χ1n) is 5.25. The van der Waals surface area contributed by atoms with Crippen LogP contribution in [-0.2, 0) is 0 Å². The van der Waals surface area contributed by atoms with E-state index in [4.69, 9.17) is 4.42 Å². The normalized spacial score (nSPS) is 16.1. The van der Waals surface area contributed by atoms with Crippen LogP contribution >= 0.6 is 0 Å². The van der Waals surface area contributed by atoms with E-state index in [0.29, 0.717) is 11.7 Å². The first-order valence-corrected chi connectivity index (χ1v) is 5.25. The molecule has 82 valence electrons. The van der Waals surface area contributed by atoms with E-state index in [2.05, 4.69) is 10.3 Å². The zero-order valence-electron chi connectivity index (χ0n) is 8.61. The number of aromatic nitrogens is 1. The minimum atomic E-state index is -0.263. The Balaban J connectivity index is 1.91. The maximum absolute atomic E-state index is 13.0. The van der Waals surface area contributed by atoms with Gasteiger partial charge in [0.2, 0.25) is 5.89 Å². The monoisotopic (exact) mass is 218 g/mol. The molecule has 1 aromatic carbocycles. The number of nitrogens with zero attached hydrogens (tertiary/aromatic N) is 1. The molecule has 0 spiro atoms. The number of benzene rings is 1. The van der Waals surface area contributed by atoms with Crippen molar-refractivity contribution < 1.29 is 8.81 Å². The molecule has 0 radical (unpaired) electrons. The fourth-order valence-electron chi connectivity index (χ4n) is 1.71. The van der Waals surface area contributed by atoms with Crippen LogP contribution in [0.2, 0.25) is 0 Å². The van der Waals surface area contributed by atoms with Gasteiger partial charge in [-0.2, -0.15) is 0 Å². The van der Waals surface area contributed by atoms with Gasteiger partial charge in [0, 0.05) is 18.7 Å². The van der Waals surface area contributed by atoms with Crippen molar-refractivity contribution in [1.29, 1.82) is 0 Å². The minimum absolute atomic E-state index is 0.263. The molecular weight excluding hydrogens is 207 g/mol. The summed E-state index contributed by atoms with van der Waals surface area (Å²) in [5.41, 5.74) is 0.728. The smallest absolute Gasteiger partial charge is 0.200 e. The third-order valence-corrected chi connectivity index (χ3v) is 2.76. The van der Waals surface area contributed by atoms with Gasteiger partial charge in [-0.15, -0.1) is 0 Å². The van der Waals surface area contributed by atoms with E-state index < -0.39 is 0 Å². The molecule has 1 saturated heterocycles. The number of hydrogen-bond acceptors (Lipinski definition) is 3. The van der Waals surface area contributed by atoms with Gasteiger partial charge >= 0.3 is 0 Å². The lowest BCUT2D eigenvalue weighted by Crippen LogP contribution is -2.40. The average Bonchev–Trinajstić information content (AvgIpc) is 2.64. The molecule has 0 bridgehead atoms. The van der Waals surface area contributed by atoms with Gasteiger partial charge < -0.3 is 9.73 Å². The van der Waals surface area contributed by atoms with E-state index in [1.807, 2.05) is 6.07 Å². The fourth-order valence-corrected chi connectivity index (χ4v) is 1.71. The Labute approximate surface area is 92.3 Å². The summed E-state index contributed by atoms with van der Waals surface area (Å²) < 4.78 is 18.6. The van der Waals surface area contributed by atoms with Gasteiger partial charge in [0.15, 0.2) is 5.76 Å². The molecule has 0 unspecified atom stereocenters. The summed E-state index contributed by atoms with van der Waals surface area (Å²) in [6.45, 7) is 1.81. The molecule has 16 heavy (non-hydrogen) atoms. The van der Waals surface area contributed by atoms with Crippen LogP contribution in [0.3, 0.4) is 0 Å². The summed E-state index contributed by atoms with van der Waals surface area (Å²) in [5, 5.41) is 3.16. The standard InChI is InChI=1S/C12H11FN2O/c13-10-3-1-2-8(4-10)11-7-15-12(16-11)9-5-14-6-9/h1-4,7,9,14H,5-6H2. The van der Waals surface area contributed by atoms with Crippen molar-refractivity contribution in [2.75, 3.05) is 13.1 Å². The molecule has 4 heteroatoms. The van der Waals surface area contributed by atoms with Gasteiger partial charge in [0.1, 0.15) is 5.82 Å². The Morgan fingerprint density at radius 1 is 1.38 bits per heavy atom. The SMILES string of the molecule is Fc1cccc(-c2cnc(C3CNC3)o2)c1. The topological polar surface area (TPSA) is 38.1 Å². The van der Waals surface area contributed by atoms with Crippen LogP contribution in [0.5, 0.6) is 0 Å². The Kier molecular flexibility index (Phi) is 2.22. The van der Waals surface area contributed by atoms with E-state index in [1.165, 1.54) is 12.1 Å². The summed E-state index contributed by atoms with van der Waals surface area (Å²) in [6, 6.07) is 6.34. The fraction of sp³-hybridized carbons (Fsp3) is 0.250. The zero-order chi connectivity index (χ0) is 11.0. The lowest BCUT2D eigenvalue weighted by Gasteiger charge is -2.23. The van der Waals surface area contributed by atoms with Crippen LogP contribution in [0.1, 0.15) is 11.8 Å². The van der Waals surface area contributed by atoms with E-state index in [0.717, 1.165) is 24.5 Å². The number of nitrogens with one attached hydrogen (secondary N) is 1. The number of rotatable bonds is 2. The van der Waals surface area contributed by atoms with Crippen molar-refractivity contribution in [3.63, 3.8) is 0 Å². The molecule has 1 N–H and O–H groups in total. The highest BCUT2D eigenvalue weighted by Gasteiger charge is 2.23. The Morgan fingerprint density at radius 2 is 2.25 bits per heavy atom. The average molecular weight is 218 g/mol. The quantitative estimate of drug-likeness (QED) is 0.839. The molecule has 2 heterocycles. The molecule has 3 nitrogen and oxygen atoms in total. The summed E-state index contributed by atoms with van der Waals surface area (Å²) >= 11 is 0. The molecule has 2 aromatic rings. The molecular formula is C12H11FN2O. The molecule has 1 aromatic heterocycles. The first kappa shape index (κ1) is 9.54. The minimum Gasteiger partial charge on any atom is -0.440 e. The molecule has 1 aliphatic heterocycles. The molecule has 0 amide bonds. The lowest BCUT2D eigenvalue weighted by molar-refractivity contribution is 0.361. The van der Waals surface area contributed by atoms with Crippen molar-refractivity contribution in [3.05, 3.63) is 42.2 Å². The molecule has 1 aliphatic rings. The van der Waals surface area contributed by atoms with Crippen LogP contribution in [-0.4, -0.2) is 18.1 Å². The molecule has 3 rings (SSSR count). The van der Waals surface area contributed by atoms with E-state index in [-0.39, 0.29) is 5.82 Å². The van der Waals surface area contributed by atoms with Crippen LogP contribution in [0.25, 0.3) is 11.3 Å². The van der Waals surface area contributed by atoms with Crippen LogP contribution in [0.15, 0.2) is 34.9 Å². The van der Waals surface area contributed by atoms with Crippen molar-refractivity contribution in [2.24, 2.45) is 0 Å². The lowest BCUT2D eigenvalue weighted by atomic mass is 10.0. The van der Waals surface area contributed by atoms with Gasteiger partial charge in [-0.05, 0) is 12.1 Å². The number of hydrogen-bond donors (Lipinski definition) is 1. The highest BCUT2D eigenvalue weighted by atomic mass is 19.1. The summed E-state index contributed by atoms with van der Waals surface area (Å²) in [6.07, 6.45) is 1.66. The summed E-state index contributed by atoms with van der Waals surface area (Å²) in [5.74, 6) is 1.46. The van der Waals surface area contributed by atoms with Gasteiger partial charge in [0.25, 0.3) is 0 Å². The van der Waals surface area contributed by atoms with Crippen molar-refractivity contribution in [2.45, 2.75) is 5.92 Å². The molecule has 1 fully saturated rings. The Hall–Kier alpha value is -1.68. The van der Waals surface area contributed by atoms with Crippen LogP contribution < -0.4 is 5.32 Å². The van der Waals surface area contributed by atoms with E-state index in [1.54, 1.807) is 12.3 Å². The van der Waals surface area contributed by atoms with Gasteiger partial charge in [-0.25, -0.2) is 9.37 Å². The summed E-state index contributed by atoms with van der Waals surface area (Å²) in [4.78, 5) is 4.22. The van der Waals surface area contributed by atoms with Gasteiger partial charge in [-0.3, -0.25) is 0 Å². The zero-order valence-corrected chi connectivity index (χ0v) is 8.61. The number of halogens is 1. The third kappa shape index (κ3) is 1.61. The largest absolute Gasteiger partial charge is 0.440 e. The van der Waals surface area contributed by atoms with Crippen molar-refractivity contribution in [3.8, 4) is 11.3 Å². The van der Waals surface area contributed by atoms with Crippen LogP contribution in [0.4, 0.5) is 4.39 Å².